The zero-order valence-electron chi connectivity index (χ0n) is 14.6. The Morgan fingerprint density at radius 2 is 1.81 bits per heavy atom. The molecule has 7 nitrogen and oxygen atoms in total. The van der Waals surface area contributed by atoms with Crippen molar-refractivity contribution in [3.8, 4) is 11.5 Å². The number of hydrogen-bond acceptors (Lipinski definition) is 7. The molecule has 0 fully saturated rings. The second kappa shape index (κ2) is 8.64. The maximum Gasteiger partial charge on any atom is 0.342 e. The highest BCUT2D eigenvalue weighted by atomic mass is 16.5. The summed E-state index contributed by atoms with van der Waals surface area (Å²) in [4.78, 5) is 24.3. The first-order valence-electron chi connectivity index (χ1n) is 8.18. The largest absolute Gasteiger partial charge is 0.507 e. The molecular weight excluding hydrogens is 340 g/mol. The van der Waals surface area contributed by atoms with Gasteiger partial charge in [-0.2, -0.15) is 0 Å². The van der Waals surface area contributed by atoms with Gasteiger partial charge < -0.3 is 24.8 Å². The van der Waals surface area contributed by atoms with Gasteiger partial charge in [0.15, 0.2) is 5.78 Å². The molecule has 0 amide bonds. The first-order valence-corrected chi connectivity index (χ1v) is 8.18. The van der Waals surface area contributed by atoms with Crippen molar-refractivity contribution in [3.63, 3.8) is 0 Å². The fraction of sp³-hybridized carbons (Fsp3) is 0.368. The number of methoxy groups -OCH3 is 1. The third kappa shape index (κ3) is 4.71. The van der Waals surface area contributed by atoms with Gasteiger partial charge >= 0.3 is 5.97 Å². The Hall–Kier alpha value is -2.64. The molecule has 1 aliphatic rings. The van der Waals surface area contributed by atoms with Crippen molar-refractivity contribution < 1.29 is 34.4 Å². The number of ether oxygens (including phenoxy) is 2. The normalized spacial score (nSPS) is 25.8. The van der Waals surface area contributed by atoms with Crippen LogP contribution in [0.5, 0.6) is 11.5 Å². The summed E-state index contributed by atoms with van der Waals surface area (Å²) in [6, 6.07) is 2.84. The van der Waals surface area contributed by atoms with E-state index >= 15 is 0 Å². The molecule has 0 bridgehead atoms. The molecule has 3 N–H and O–H groups in total. The minimum absolute atomic E-state index is 0.0242. The lowest BCUT2D eigenvalue weighted by Gasteiger charge is -2.16. The standard InChI is InChI=1S/C19H22O7/c1-11-5-3-7-14(20)18(23)15(21)8-4-6-12-9-13(25-2)10-16(22)17(12)19(24)26-11/h3-4,6-7,9-11,15,18,21-23H,5,8H2,1-2H3/b6-4?,7-3+/t11-,15+,18+/m0/s1. The monoisotopic (exact) mass is 362 g/mol. The van der Waals surface area contributed by atoms with E-state index < -0.39 is 30.1 Å². The predicted molar refractivity (Wildman–Crippen MR) is 94.0 cm³/mol. The number of phenolic OH excluding ortho intramolecular Hbond substituents is 1. The van der Waals surface area contributed by atoms with Crippen LogP contribution in [0.1, 0.15) is 35.7 Å². The van der Waals surface area contributed by atoms with Crippen LogP contribution in [0.2, 0.25) is 0 Å². The molecule has 0 aromatic heterocycles. The van der Waals surface area contributed by atoms with Crippen LogP contribution in [0.25, 0.3) is 6.08 Å². The highest BCUT2D eigenvalue weighted by Crippen LogP contribution is 2.30. The van der Waals surface area contributed by atoms with E-state index in [0.717, 1.165) is 6.08 Å². The molecule has 0 saturated heterocycles. The molecule has 140 valence electrons. The van der Waals surface area contributed by atoms with E-state index in [1.807, 2.05) is 0 Å². The fourth-order valence-electron chi connectivity index (χ4n) is 2.51. The molecule has 0 aliphatic carbocycles. The summed E-state index contributed by atoms with van der Waals surface area (Å²) in [5.41, 5.74) is 0.306. The zero-order chi connectivity index (χ0) is 19.3. The van der Waals surface area contributed by atoms with Crippen LogP contribution in [-0.2, 0) is 9.53 Å². The van der Waals surface area contributed by atoms with Crippen molar-refractivity contribution in [1.29, 1.82) is 0 Å². The molecule has 1 aromatic carbocycles. The van der Waals surface area contributed by atoms with E-state index in [1.54, 1.807) is 6.92 Å². The summed E-state index contributed by atoms with van der Waals surface area (Å²) in [6.07, 6.45) is 2.42. The topological polar surface area (TPSA) is 113 Å². The zero-order valence-corrected chi connectivity index (χ0v) is 14.6. The van der Waals surface area contributed by atoms with E-state index in [2.05, 4.69) is 0 Å². The van der Waals surface area contributed by atoms with Crippen molar-refractivity contribution in [2.45, 2.75) is 38.1 Å². The Labute approximate surface area is 151 Å². The molecule has 1 aromatic rings. The number of ketones is 1. The second-order valence-electron chi connectivity index (χ2n) is 6.02. The maximum atomic E-state index is 12.4. The molecule has 0 saturated carbocycles. The smallest absolute Gasteiger partial charge is 0.342 e. The highest BCUT2D eigenvalue weighted by molar-refractivity contribution is 5.97. The average Bonchev–Trinajstić information content (AvgIpc) is 2.59. The molecule has 0 unspecified atom stereocenters. The number of aliphatic hydroxyl groups excluding tert-OH is 2. The van der Waals surface area contributed by atoms with E-state index in [0.29, 0.717) is 11.3 Å². The Morgan fingerprint density at radius 3 is 2.50 bits per heavy atom. The number of hydrogen-bond donors (Lipinski definition) is 3. The number of fused-ring (bicyclic) bond motifs is 1. The number of carbonyl (C=O) groups excluding carboxylic acids is 2. The molecule has 1 heterocycles. The van der Waals surface area contributed by atoms with Gasteiger partial charge in [-0.3, -0.25) is 4.79 Å². The summed E-state index contributed by atoms with van der Waals surface area (Å²) < 4.78 is 10.4. The van der Waals surface area contributed by atoms with Crippen LogP contribution in [0.15, 0.2) is 30.4 Å². The lowest BCUT2D eigenvalue weighted by molar-refractivity contribution is -0.127. The molecular formula is C19H22O7. The highest BCUT2D eigenvalue weighted by Gasteiger charge is 2.23. The Morgan fingerprint density at radius 1 is 1.12 bits per heavy atom. The maximum absolute atomic E-state index is 12.4. The summed E-state index contributed by atoms with van der Waals surface area (Å²) >= 11 is 0. The third-order valence-electron chi connectivity index (χ3n) is 3.95. The van der Waals surface area contributed by atoms with Gasteiger partial charge in [-0.15, -0.1) is 0 Å². The lowest BCUT2D eigenvalue weighted by Crippen LogP contribution is -2.32. The van der Waals surface area contributed by atoms with Gasteiger partial charge in [0.25, 0.3) is 0 Å². The quantitative estimate of drug-likeness (QED) is 0.650. The Kier molecular flexibility index (Phi) is 6.54. The van der Waals surface area contributed by atoms with Crippen LogP contribution in [0, 0.1) is 0 Å². The van der Waals surface area contributed by atoms with Crippen molar-refractivity contribution in [3.05, 3.63) is 41.5 Å². The molecule has 2 rings (SSSR count). The predicted octanol–water partition coefficient (Wildman–Crippen LogP) is 1.60. The Bertz CT molecular complexity index is 736. The molecule has 0 radical (unpaired) electrons. The molecule has 7 heteroatoms. The molecule has 0 spiro atoms. The van der Waals surface area contributed by atoms with Crippen LogP contribution in [0.3, 0.4) is 0 Å². The number of cyclic esters (lactones) is 1. The molecule has 1 aliphatic heterocycles. The van der Waals surface area contributed by atoms with Gasteiger partial charge in [-0.25, -0.2) is 4.79 Å². The molecule has 3 atom stereocenters. The average molecular weight is 362 g/mol. The van der Waals surface area contributed by atoms with E-state index in [9.17, 15) is 24.9 Å². The van der Waals surface area contributed by atoms with Crippen molar-refractivity contribution in [1.82, 2.24) is 0 Å². The number of rotatable bonds is 1. The van der Waals surface area contributed by atoms with Crippen molar-refractivity contribution in [2.75, 3.05) is 7.11 Å². The summed E-state index contributed by atoms with van der Waals surface area (Å²) in [7, 11) is 1.42. The van der Waals surface area contributed by atoms with Gasteiger partial charge in [0.1, 0.15) is 29.3 Å². The van der Waals surface area contributed by atoms with Gasteiger partial charge in [0.2, 0.25) is 0 Å². The lowest BCUT2D eigenvalue weighted by atomic mass is 10.0. The Balaban J connectivity index is 2.45. The number of aromatic hydroxyl groups is 1. The van der Waals surface area contributed by atoms with Gasteiger partial charge in [0.05, 0.1) is 13.2 Å². The number of benzene rings is 1. The van der Waals surface area contributed by atoms with E-state index in [-0.39, 0.29) is 24.2 Å². The van der Waals surface area contributed by atoms with Crippen LogP contribution in [0.4, 0.5) is 0 Å². The minimum atomic E-state index is -1.55. The summed E-state index contributed by atoms with van der Waals surface area (Å²) in [5.74, 6) is -1.29. The number of carbonyl (C=O) groups is 2. The van der Waals surface area contributed by atoms with Crippen LogP contribution in [-0.4, -0.2) is 52.5 Å². The van der Waals surface area contributed by atoms with E-state index in [4.69, 9.17) is 9.47 Å². The van der Waals surface area contributed by atoms with Crippen LogP contribution >= 0.6 is 0 Å². The van der Waals surface area contributed by atoms with E-state index in [1.165, 1.54) is 37.5 Å². The number of phenols is 1. The van der Waals surface area contributed by atoms with Crippen LogP contribution < -0.4 is 4.74 Å². The fourth-order valence-corrected chi connectivity index (χ4v) is 2.51. The summed E-state index contributed by atoms with van der Waals surface area (Å²) in [5, 5.41) is 30.0. The summed E-state index contributed by atoms with van der Waals surface area (Å²) in [6.45, 7) is 1.64. The minimum Gasteiger partial charge on any atom is -0.507 e. The third-order valence-corrected chi connectivity index (χ3v) is 3.95. The van der Waals surface area contributed by atoms with Crippen molar-refractivity contribution >= 4 is 17.8 Å². The van der Waals surface area contributed by atoms with Gasteiger partial charge in [-0.1, -0.05) is 18.2 Å². The SMILES string of the molecule is COc1cc(O)c2c(c1)C=CC[C@@H](O)[C@H](O)C(=O)/C=C/C[C@H](C)OC2=O. The van der Waals surface area contributed by atoms with Gasteiger partial charge in [-0.05, 0) is 31.1 Å². The first-order chi connectivity index (χ1) is 12.3. The second-order valence-corrected chi connectivity index (χ2v) is 6.02. The van der Waals surface area contributed by atoms with Gasteiger partial charge in [0, 0.05) is 12.5 Å². The molecule has 26 heavy (non-hydrogen) atoms. The van der Waals surface area contributed by atoms with Crippen molar-refractivity contribution in [2.24, 2.45) is 0 Å². The first kappa shape index (κ1) is 19.7. The number of esters is 1. The number of aliphatic hydroxyl groups is 2.